The SMILES string of the molecule is NCCC1CCC(c2ccc3c(c2)OCO3)C1. The lowest BCUT2D eigenvalue weighted by Crippen LogP contribution is -2.05. The summed E-state index contributed by atoms with van der Waals surface area (Å²) in [5.74, 6) is 3.28. The molecule has 0 saturated heterocycles. The quantitative estimate of drug-likeness (QED) is 0.873. The molecule has 0 bridgehead atoms. The van der Waals surface area contributed by atoms with Gasteiger partial charge in [-0.15, -0.1) is 0 Å². The molecule has 2 N–H and O–H groups in total. The first-order valence-electron chi connectivity index (χ1n) is 6.46. The van der Waals surface area contributed by atoms with Crippen molar-refractivity contribution in [3.8, 4) is 11.5 Å². The zero-order valence-electron chi connectivity index (χ0n) is 10.0. The Balaban J connectivity index is 1.73. The molecule has 1 aromatic carbocycles. The number of hydrogen-bond acceptors (Lipinski definition) is 3. The van der Waals surface area contributed by atoms with Gasteiger partial charge >= 0.3 is 0 Å². The fourth-order valence-electron chi connectivity index (χ4n) is 3.04. The molecular weight excluding hydrogens is 214 g/mol. The lowest BCUT2D eigenvalue weighted by Gasteiger charge is -2.11. The van der Waals surface area contributed by atoms with Gasteiger partial charge in [-0.3, -0.25) is 0 Å². The monoisotopic (exact) mass is 233 g/mol. The first kappa shape index (κ1) is 10.9. The fraction of sp³-hybridized carbons (Fsp3) is 0.571. The van der Waals surface area contributed by atoms with Crippen LogP contribution < -0.4 is 15.2 Å². The van der Waals surface area contributed by atoms with E-state index in [0.717, 1.165) is 24.0 Å². The Labute approximate surface area is 102 Å². The Hall–Kier alpha value is -1.22. The van der Waals surface area contributed by atoms with Gasteiger partial charge in [-0.25, -0.2) is 0 Å². The zero-order chi connectivity index (χ0) is 11.7. The molecule has 0 amide bonds. The van der Waals surface area contributed by atoms with Crippen LogP contribution in [0.5, 0.6) is 11.5 Å². The number of rotatable bonds is 3. The van der Waals surface area contributed by atoms with Crippen LogP contribution in [0.25, 0.3) is 0 Å². The van der Waals surface area contributed by atoms with Crippen LogP contribution in [0.3, 0.4) is 0 Å². The van der Waals surface area contributed by atoms with Crippen molar-refractivity contribution in [1.29, 1.82) is 0 Å². The third kappa shape index (κ3) is 2.12. The van der Waals surface area contributed by atoms with E-state index in [1.54, 1.807) is 0 Å². The molecule has 17 heavy (non-hydrogen) atoms. The van der Waals surface area contributed by atoms with E-state index in [1.807, 2.05) is 6.07 Å². The van der Waals surface area contributed by atoms with Crippen LogP contribution in [0, 0.1) is 5.92 Å². The summed E-state index contributed by atoms with van der Waals surface area (Å²) in [5.41, 5.74) is 7.03. The summed E-state index contributed by atoms with van der Waals surface area (Å²) in [4.78, 5) is 0. The summed E-state index contributed by atoms with van der Waals surface area (Å²) in [6.45, 7) is 1.18. The third-order valence-electron chi connectivity index (χ3n) is 3.98. The van der Waals surface area contributed by atoms with Gasteiger partial charge in [0.2, 0.25) is 6.79 Å². The smallest absolute Gasteiger partial charge is 0.231 e. The molecule has 3 rings (SSSR count). The second-order valence-electron chi connectivity index (χ2n) is 5.07. The first-order chi connectivity index (χ1) is 8.36. The Morgan fingerprint density at radius 2 is 2.06 bits per heavy atom. The Morgan fingerprint density at radius 1 is 1.18 bits per heavy atom. The number of hydrogen-bond donors (Lipinski definition) is 1. The van der Waals surface area contributed by atoms with Gasteiger partial charge in [-0.2, -0.15) is 0 Å². The number of nitrogens with two attached hydrogens (primary N) is 1. The van der Waals surface area contributed by atoms with Gasteiger partial charge in [0.1, 0.15) is 0 Å². The molecular formula is C14H19NO2. The third-order valence-corrected chi connectivity index (χ3v) is 3.98. The Morgan fingerprint density at radius 3 is 2.94 bits per heavy atom. The van der Waals surface area contributed by atoms with Crippen molar-refractivity contribution in [1.82, 2.24) is 0 Å². The number of ether oxygens (including phenoxy) is 2. The summed E-state index contributed by atoms with van der Waals surface area (Å²) >= 11 is 0. The number of benzene rings is 1. The lowest BCUT2D eigenvalue weighted by molar-refractivity contribution is 0.174. The summed E-state index contributed by atoms with van der Waals surface area (Å²) in [7, 11) is 0. The molecule has 0 aromatic heterocycles. The zero-order valence-corrected chi connectivity index (χ0v) is 10.0. The largest absolute Gasteiger partial charge is 0.454 e. The second kappa shape index (κ2) is 4.57. The van der Waals surface area contributed by atoms with Gasteiger partial charge in [0.05, 0.1) is 0 Å². The maximum Gasteiger partial charge on any atom is 0.231 e. The molecule has 92 valence electrons. The standard InChI is InChI=1S/C14H19NO2/c15-6-5-10-1-2-11(7-10)12-3-4-13-14(8-12)17-9-16-13/h3-4,8,10-11H,1-2,5-7,9,15H2. The van der Waals surface area contributed by atoms with E-state index in [9.17, 15) is 0 Å². The lowest BCUT2D eigenvalue weighted by atomic mass is 9.95. The molecule has 0 spiro atoms. The van der Waals surface area contributed by atoms with Crippen molar-refractivity contribution in [2.45, 2.75) is 31.6 Å². The maximum absolute atomic E-state index is 5.63. The topological polar surface area (TPSA) is 44.5 Å². The molecule has 3 nitrogen and oxygen atoms in total. The van der Waals surface area contributed by atoms with Gasteiger partial charge < -0.3 is 15.2 Å². The summed E-state index contributed by atoms with van der Waals surface area (Å²) in [6.07, 6.45) is 5.04. The van der Waals surface area contributed by atoms with E-state index in [0.29, 0.717) is 12.7 Å². The van der Waals surface area contributed by atoms with Crippen LogP contribution in [-0.2, 0) is 0 Å². The van der Waals surface area contributed by atoms with E-state index >= 15 is 0 Å². The van der Waals surface area contributed by atoms with Gasteiger partial charge in [0.25, 0.3) is 0 Å². The number of fused-ring (bicyclic) bond motifs is 1. The van der Waals surface area contributed by atoms with Crippen molar-refractivity contribution in [2.75, 3.05) is 13.3 Å². The predicted molar refractivity (Wildman–Crippen MR) is 66.3 cm³/mol. The molecule has 2 atom stereocenters. The average Bonchev–Trinajstić information content (AvgIpc) is 2.96. The first-order valence-corrected chi connectivity index (χ1v) is 6.46. The highest BCUT2D eigenvalue weighted by Gasteiger charge is 2.26. The van der Waals surface area contributed by atoms with Gasteiger partial charge in [-0.05, 0) is 61.8 Å². The van der Waals surface area contributed by atoms with Gasteiger partial charge in [0.15, 0.2) is 11.5 Å². The van der Waals surface area contributed by atoms with E-state index in [2.05, 4.69) is 12.1 Å². The van der Waals surface area contributed by atoms with Crippen LogP contribution in [-0.4, -0.2) is 13.3 Å². The fourth-order valence-corrected chi connectivity index (χ4v) is 3.04. The molecule has 1 heterocycles. The minimum absolute atomic E-state index is 0.360. The minimum Gasteiger partial charge on any atom is -0.454 e. The molecule has 1 saturated carbocycles. The van der Waals surface area contributed by atoms with Crippen molar-refractivity contribution in [3.63, 3.8) is 0 Å². The predicted octanol–water partition coefficient (Wildman–Crippen LogP) is 2.65. The van der Waals surface area contributed by atoms with Crippen LogP contribution in [0.2, 0.25) is 0 Å². The van der Waals surface area contributed by atoms with E-state index in [4.69, 9.17) is 15.2 Å². The van der Waals surface area contributed by atoms with E-state index in [1.165, 1.54) is 31.2 Å². The van der Waals surface area contributed by atoms with Crippen molar-refractivity contribution >= 4 is 0 Å². The highest BCUT2D eigenvalue weighted by molar-refractivity contribution is 5.45. The molecule has 1 aliphatic heterocycles. The normalized spacial score (nSPS) is 26.4. The van der Waals surface area contributed by atoms with Crippen molar-refractivity contribution < 1.29 is 9.47 Å². The molecule has 1 aromatic rings. The molecule has 2 aliphatic rings. The van der Waals surface area contributed by atoms with Crippen LogP contribution >= 0.6 is 0 Å². The van der Waals surface area contributed by atoms with Crippen LogP contribution in [0.1, 0.15) is 37.2 Å². The molecule has 2 unspecified atom stereocenters. The maximum atomic E-state index is 5.63. The summed E-state index contributed by atoms with van der Waals surface area (Å²) in [6, 6.07) is 6.37. The van der Waals surface area contributed by atoms with Crippen molar-refractivity contribution in [3.05, 3.63) is 23.8 Å². The average molecular weight is 233 g/mol. The Bertz CT molecular complexity index is 405. The van der Waals surface area contributed by atoms with E-state index in [-0.39, 0.29) is 0 Å². The Kier molecular flexibility index (Phi) is 2.93. The van der Waals surface area contributed by atoms with Gasteiger partial charge in [-0.1, -0.05) is 6.07 Å². The molecule has 3 heteroatoms. The van der Waals surface area contributed by atoms with Crippen LogP contribution in [0.15, 0.2) is 18.2 Å². The van der Waals surface area contributed by atoms with Crippen molar-refractivity contribution in [2.24, 2.45) is 11.7 Å². The van der Waals surface area contributed by atoms with Gasteiger partial charge in [0, 0.05) is 0 Å². The minimum atomic E-state index is 0.360. The van der Waals surface area contributed by atoms with E-state index < -0.39 is 0 Å². The molecule has 1 fully saturated rings. The van der Waals surface area contributed by atoms with Crippen LogP contribution in [0.4, 0.5) is 0 Å². The second-order valence-corrected chi connectivity index (χ2v) is 5.07. The summed E-state index contributed by atoms with van der Waals surface area (Å²) < 4.78 is 10.8. The molecule has 1 aliphatic carbocycles. The highest BCUT2D eigenvalue weighted by Crippen LogP contribution is 2.42. The highest BCUT2D eigenvalue weighted by atomic mass is 16.7. The summed E-state index contributed by atoms with van der Waals surface area (Å²) in [5, 5.41) is 0. The molecule has 0 radical (unpaired) electrons.